The summed E-state index contributed by atoms with van der Waals surface area (Å²) in [4.78, 5) is 27.1. The molecule has 3 aromatic rings. The molecule has 0 bridgehead atoms. The first-order valence-corrected chi connectivity index (χ1v) is 10.8. The number of hydrogen-bond acceptors (Lipinski definition) is 4. The van der Waals surface area contributed by atoms with Crippen LogP contribution in [0, 0.1) is 12.8 Å². The van der Waals surface area contributed by atoms with Gasteiger partial charge >= 0.3 is 0 Å². The van der Waals surface area contributed by atoms with Crippen molar-refractivity contribution in [2.45, 2.75) is 26.3 Å². The van der Waals surface area contributed by atoms with Crippen molar-refractivity contribution in [3.8, 4) is 5.69 Å². The zero-order chi connectivity index (χ0) is 21.8. The van der Waals surface area contributed by atoms with Crippen LogP contribution in [-0.2, 0) is 11.3 Å². The number of piperidine rings is 1. The lowest BCUT2D eigenvalue weighted by Crippen LogP contribution is -2.41. The Bertz CT molecular complexity index is 1140. The molecule has 0 aliphatic carbocycles. The maximum absolute atomic E-state index is 12.6. The van der Waals surface area contributed by atoms with Gasteiger partial charge in [0.25, 0.3) is 5.56 Å². The molecule has 6 nitrogen and oxygen atoms in total. The molecule has 2 aromatic carbocycles. The van der Waals surface area contributed by atoms with Crippen LogP contribution < -0.4 is 15.8 Å². The number of aryl methyl sites for hydroxylation is 1. The first kappa shape index (κ1) is 21.1. The molecule has 1 aliphatic rings. The smallest absolute Gasteiger partial charge is 0.271 e. The second-order valence-corrected chi connectivity index (χ2v) is 8.26. The minimum atomic E-state index is -0.212. The molecule has 2 heterocycles. The largest absolute Gasteiger partial charge is 0.355 e. The van der Waals surface area contributed by atoms with Crippen LogP contribution >= 0.6 is 11.6 Å². The Morgan fingerprint density at radius 1 is 1.10 bits per heavy atom. The number of aromatic nitrogens is 2. The molecule has 0 atom stereocenters. The summed E-state index contributed by atoms with van der Waals surface area (Å²) in [5, 5.41) is 8.16. The van der Waals surface area contributed by atoms with Crippen LogP contribution in [0.4, 0.5) is 5.82 Å². The van der Waals surface area contributed by atoms with Gasteiger partial charge in [0, 0.05) is 36.6 Å². The van der Waals surface area contributed by atoms with E-state index in [0.29, 0.717) is 30.3 Å². The predicted octanol–water partition coefficient (Wildman–Crippen LogP) is 3.73. The summed E-state index contributed by atoms with van der Waals surface area (Å²) in [5.41, 5.74) is 2.74. The number of anilines is 1. The molecule has 1 aliphatic heterocycles. The molecule has 0 saturated carbocycles. The standard InChI is InChI=1S/C24H25ClN4O2/c1-17-5-2-3-6-19(17)16-26-24(31)18-11-13-28(14-12-18)22-9-10-23(30)29(27-22)21-8-4-7-20(25)15-21/h2-10,15,18H,11-14,16H2,1H3,(H,26,31). The normalized spacial score (nSPS) is 14.5. The van der Waals surface area contributed by atoms with Crippen molar-refractivity contribution in [3.05, 3.63) is 87.2 Å². The molecule has 1 fully saturated rings. The second-order valence-electron chi connectivity index (χ2n) is 7.83. The van der Waals surface area contributed by atoms with Crippen molar-refractivity contribution in [1.29, 1.82) is 0 Å². The predicted molar refractivity (Wildman–Crippen MR) is 123 cm³/mol. The summed E-state index contributed by atoms with van der Waals surface area (Å²) in [6.07, 6.45) is 1.50. The zero-order valence-electron chi connectivity index (χ0n) is 17.4. The summed E-state index contributed by atoms with van der Waals surface area (Å²) >= 11 is 6.06. The van der Waals surface area contributed by atoms with Crippen molar-refractivity contribution >= 4 is 23.3 Å². The molecule has 31 heavy (non-hydrogen) atoms. The van der Waals surface area contributed by atoms with E-state index in [9.17, 15) is 9.59 Å². The molecular formula is C24H25ClN4O2. The Hall–Kier alpha value is -3.12. The maximum Gasteiger partial charge on any atom is 0.271 e. The summed E-state index contributed by atoms with van der Waals surface area (Å²) in [7, 11) is 0. The van der Waals surface area contributed by atoms with Gasteiger partial charge in [-0.05, 0) is 55.2 Å². The Balaban J connectivity index is 1.38. The van der Waals surface area contributed by atoms with Gasteiger partial charge in [-0.15, -0.1) is 5.10 Å². The fraction of sp³-hybridized carbons (Fsp3) is 0.292. The molecule has 0 spiro atoms. The number of nitrogens with one attached hydrogen (secondary N) is 1. The molecule has 0 unspecified atom stereocenters. The van der Waals surface area contributed by atoms with E-state index in [4.69, 9.17) is 11.6 Å². The van der Waals surface area contributed by atoms with Gasteiger partial charge in [0.2, 0.25) is 5.91 Å². The van der Waals surface area contributed by atoms with E-state index in [-0.39, 0.29) is 17.4 Å². The third-order valence-electron chi connectivity index (χ3n) is 5.74. The molecule has 0 radical (unpaired) electrons. The lowest BCUT2D eigenvalue weighted by molar-refractivity contribution is -0.125. The van der Waals surface area contributed by atoms with Crippen molar-refractivity contribution in [2.24, 2.45) is 5.92 Å². The average molecular weight is 437 g/mol. The van der Waals surface area contributed by atoms with Gasteiger partial charge in [-0.2, -0.15) is 4.68 Å². The molecule has 1 N–H and O–H groups in total. The number of hydrogen-bond donors (Lipinski definition) is 1. The highest BCUT2D eigenvalue weighted by Crippen LogP contribution is 2.22. The van der Waals surface area contributed by atoms with Gasteiger partial charge in [0.15, 0.2) is 0 Å². The van der Waals surface area contributed by atoms with E-state index in [0.717, 1.165) is 24.2 Å². The molecule has 1 aromatic heterocycles. The van der Waals surface area contributed by atoms with Gasteiger partial charge in [0.05, 0.1) is 5.69 Å². The number of rotatable bonds is 5. The van der Waals surface area contributed by atoms with E-state index >= 15 is 0 Å². The third-order valence-corrected chi connectivity index (χ3v) is 5.98. The highest BCUT2D eigenvalue weighted by molar-refractivity contribution is 6.30. The summed E-state index contributed by atoms with van der Waals surface area (Å²) in [6.45, 7) is 4.03. The van der Waals surface area contributed by atoms with Gasteiger partial charge in [-0.3, -0.25) is 9.59 Å². The molecule has 160 valence electrons. The lowest BCUT2D eigenvalue weighted by atomic mass is 9.95. The number of benzene rings is 2. The Morgan fingerprint density at radius 2 is 1.87 bits per heavy atom. The Morgan fingerprint density at radius 3 is 2.61 bits per heavy atom. The molecule has 1 saturated heterocycles. The quantitative estimate of drug-likeness (QED) is 0.661. The summed E-state index contributed by atoms with van der Waals surface area (Å²) < 4.78 is 1.36. The van der Waals surface area contributed by atoms with Crippen LogP contribution in [0.25, 0.3) is 5.69 Å². The fourth-order valence-electron chi connectivity index (χ4n) is 3.87. The third kappa shape index (κ3) is 4.97. The van der Waals surface area contributed by atoms with Gasteiger partial charge in [-0.1, -0.05) is 41.9 Å². The molecule has 1 amide bonds. The van der Waals surface area contributed by atoms with E-state index in [1.165, 1.54) is 16.3 Å². The first-order valence-electron chi connectivity index (χ1n) is 10.4. The SMILES string of the molecule is Cc1ccccc1CNC(=O)C1CCN(c2ccc(=O)n(-c3cccc(Cl)c3)n2)CC1. The lowest BCUT2D eigenvalue weighted by Gasteiger charge is -2.32. The number of halogens is 1. The topological polar surface area (TPSA) is 67.2 Å². The van der Waals surface area contributed by atoms with Crippen LogP contribution in [0.5, 0.6) is 0 Å². The molecule has 7 heteroatoms. The fourth-order valence-corrected chi connectivity index (χ4v) is 4.05. The van der Waals surface area contributed by atoms with Gasteiger partial charge < -0.3 is 10.2 Å². The minimum absolute atomic E-state index is 0.0147. The van der Waals surface area contributed by atoms with Gasteiger partial charge in [0.1, 0.15) is 5.82 Å². The number of nitrogens with zero attached hydrogens (tertiary/aromatic N) is 3. The van der Waals surface area contributed by atoms with Crippen LogP contribution in [0.15, 0.2) is 65.5 Å². The van der Waals surface area contributed by atoms with E-state index in [1.807, 2.05) is 18.2 Å². The van der Waals surface area contributed by atoms with Crippen molar-refractivity contribution in [2.75, 3.05) is 18.0 Å². The number of amides is 1. The average Bonchev–Trinajstić information content (AvgIpc) is 2.79. The van der Waals surface area contributed by atoms with Crippen LogP contribution in [0.2, 0.25) is 5.02 Å². The van der Waals surface area contributed by atoms with Crippen molar-refractivity contribution < 1.29 is 4.79 Å². The Kier molecular flexibility index (Phi) is 6.37. The molecule has 4 rings (SSSR count). The zero-order valence-corrected chi connectivity index (χ0v) is 18.2. The maximum atomic E-state index is 12.6. The minimum Gasteiger partial charge on any atom is -0.355 e. The van der Waals surface area contributed by atoms with Crippen molar-refractivity contribution in [3.63, 3.8) is 0 Å². The number of carbonyl (C=O) groups excluding carboxylic acids is 1. The van der Waals surface area contributed by atoms with Crippen LogP contribution in [-0.4, -0.2) is 28.8 Å². The van der Waals surface area contributed by atoms with E-state index < -0.39 is 0 Å². The van der Waals surface area contributed by atoms with E-state index in [1.54, 1.807) is 30.3 Å². The van der Waals surface area contributed by atoms with Crippen LogP contribution in [0.1, 0.15) is 24.0 Å². The summed E-state index contributed by atoms with van der Waals surface area (Å²) in [5.74, 6) is 0.803. The monoisotopic (exact) mass is 436 g/mol. The van der Waals surface area contributed by atoms with Crippen molar-refractivity contribution in [1.82, 2.24) is 15.1 Å². The van der Waals surface area contributed by atoms with Crippen LogP contribution in [0.3, 0.4) is 0 Å². The van der Waals surface area contributed by atoms with Gasteiger partial charge in [-0.25, -0.2) is 0 Å². The highest BCUT2D eigenvalue weighted by Gasteiger charge is 2.26. The highest BCUT2D eigenvalue weighted by atomic mass is 35.5. The Labute approximate surface area is 186 Å². The second kappa shape index (κ2) is 9.35. The summed E-state index contributed by atoms with van der Waals surface area (Å²) in [6, 6.07) is 18.4. The molecular weight excluding hydrogens is 412 g/mol. The first-order chi connectivity index (χ1) is 15.0. The number of carbonyl (C=O) groups is 1. The van der Waals surface area contributed by atoms with E-state index in [2.05, 4.69) is 28.3 Å².